The topological polar surface area (TPSA) is 60.4 Å². The number of methoxy groups -OCH3 is 1. The maximum atomic E-state index is 14.6. The zero-order chi connectivity index (χ0) is 27.1. The van der Waals surface area contributed by atoms with Crippen LogP contribution in [0.25, 0.3) is 0 Å². The Bertz CT molecular complexity index is 1020. The lowest BCUT2D eigenvalue weighted by molar-refractivity contribution is -0.190. The maximum Gasteiger partial charge on any atom is 0.173 e. The molecular formula is C33H50O4. The van der Waals surface area contributed by atoms with Crippen molar-refractivity contribution in [3.05, 3.63) is 11.1 Å². The molecule has 5 rings (SSSR count). The summed E-state index contributed by atoms with van der Waals surface area (Å²) >= 11 is 0. The minimum atomic E-state index is -0.684. The van der Waals surface area contributed by atoms with E-state index in [-0.39, 0.29) is 40.2 Å². The highest BCUT2D eigenvalue weighted by Crippen LogP contribution is 2.71. The maximum absolute atomic E-state index is 14.6. The van der Waals surface area contributed by atoms with Crippen LogP contribution in [0, 0.1) is 57.7 Å². The van der Waals surface area contributed by atoms with Crippen LogP contribution >= 0.6 is 0 Å². The van der Waals surface area contributed by atoms with E-state index in [4.69, 9.17) is 4.74 Å². The van der Waals surface area contributed by atoms with Crippen molar-refractivity contribution in [2.45, 2.75) is 112 Å². The van der Waals surface area contributed by atoms with Gasteiger partial charge in [0.05, 0.1) is 11.7 Å². The van der Waals surface area contributed by atoms with Crippen LogP contribution in [0.15, 0.2) is 11.1 Å². The van der Waals surface area contributed by atoms with Crippen molar-refractivity contribution in [2.24, 2.45) is 57.7 Å². The van der Waals surface area contributed by atoms with Gasteiger partial charge < -0.3 is 4.74 Å². The number of hydrogen-bond acceptors (Lipinski definition) is 4. The van der Waals surface area contributed by atoms with Crippen LogP contribution < -0.4 is 0 Å². The molecule has 0 aliphatic heterocycles. The van der Waals surface area contributed by atoms with Crippen LogP contribution in [0.2, 0.25) is 0 Å². The molecular weight excluding hydrogens is 460 g/mol. The van der Waals surface area contributed by atoms with Crippen LogP contribution in [-0.2, 0) is 19.1 Å². The van der Waals surface area contributed by atoms with Gasteiger partial charge in [0.25, 0.3) is 0 Å². The second-order valence-electron chi connectivity index (χ2n) is 14.9. The highest BCUT2D eigenvalue weighted by molar-refractivity contribution is 6.22. The second kappa shape index (κ2) is 9.14. The number of carbonyl (C=O) groups excluding carboxylic acids is 3. The van der Waals surface area contributed by atoms with Gasteiger partial charge in [0.15, 0.2) is 11.6 Å². The van der Waals surface area contributed by atoms with E-state index in [0.717, 1.165) is 44.1 Å². The first-order valence-electron chi connectivity index (χ1n) is 15.1. The molecule has 5 aliphatic carbocycles. The van der Waals surface area contributed by atoms with Crippen molar-refractivity contribution in [3.8, 4) is 0 Å². The average molecular weight is 511 g/mol. The Balaban J connectivity index is 1.52. The van der Waals surface area contributed by atoms with Crippen LogP contribution in [0.5, 0.6) is 0 Å². The molecule has 4 fully saturated rings. The first kappa shape index (κ1) is 27.3. The fraction of sp³-hybridized carbons (Fsp3) is 0.848. The molecule has 0 aromatic rings. The van der Waals surface area contributed by atoms with Gasteiger partial charge in [-0.1, -0.05) is 40.2 Å². The second-order valence-corrected chi connectivity index (χ2v) is 14.9. The fourth-order valence-corrected chi connectivity index (χ4v) is 11.2. The monoisotopic (exact) mass is 510 g/mol. The summed E-state index contributed by atoms with van der Waals surface area (Å²) in [6.07, 6.45) is 10.3. The lowest BCUT2D eigenvalue weighted by atomic mass is 9.35. The highest BCUT2D eigenvalue weighted by atomic mass is 16.5. The van der Waals surface area contributed by atoms with Gasteiger partial charge in [0.2, 0.25) is 0 Å². The van der Waals surface area contributed by atoms with E-state index < -0.39 is 5.41 Å². The Morgan fingerprint density at radius 2 is 1.59 bits per heavy atom. The number of ether oxygens (including phenoxy) is 1. The first-order chi connectivity index (χ1) is 17.3. The standard InChI is InChI=1S/C33H50O4/c1-18-9-14-24(22-10-12-23(37-8)13-11-22)25-16-31(5)17-32(6)15-19(2)26(21(4)34)30(36)33(32,7)20(3)28(31)29(35)27(18)25/h18,20,22-25,27-28H,9-17H2,1-8H3. The van der Waals surface area contributed by atoms with Crippen molar-refractivity contribution in [1.29, 1.82) is 0 Å². The van der Waals surface area contributed by atoms with E-state index in [1.165, 1.54) is 26.2 Å². The number of Topliss-reactive ketones (excluding diaryl/α,β-unsaturated/α-hetero) is 3. The Kier molecular flexibility index (Phi) is 6.74. The number of fused-ring (bicyclic) bond motifs is 3. The van der Waals surface area contributed by atoms with Crippen LogP contribution in [-0.4, -0.2) is 30.6 Å². The van der Waals surface area contributed by atoms with E-state index in [9.17, 15) is 14.4 Å². The number of ketones is 3. The summed E-state index contributed by atoms with van der Waals surface area (Å²) in [7, 11) is 1.84. The molecule has 0 aromatic heterocycles. The molecule has 0 saturated heterocycles. The summed E-state index contributed by atoms with van der Waals surface area (Å²) in [6.45, 7) is 14.8. The summed E-state index contributed by atoms with van der Waals surface area (Å²) in [5, 5.41) is 0. The summed E-state index contributed by atoms with van der Waals surface area (Å²) in [4.78, 5) is 41.3. The predicted octanol–water partition coefficient (Wildman–Crippen LogP) is 7.00. The molecule has 0 N–H and O–H groups in total. The van der Waals surface area contributed by atoms with E-state index in [2.05, 4.69) is 34.6 Å². The Hall–Kier alpha value is -1.29. The molecule has 0 heterocycles. The molecule has 5 aliphatic rings. The molecule has 0 radical (unpaired) electrons. The van der Waals surface area contributed by atoms with Crippen LogP contribution in [0.1, 0.15) is 106 Å². The first-order valence-corrected chi connectivity index (χ1v) is 15.1. The van der Waals surface area contributed by atoms with Crippen LogP contribution in [0.3, 0.4) is 0 Å². The van der Waals surface area contributed by atoms with Gasteiger partial charge in [-0.15, -0.1) is 0 Å². The normalized spacial score (nSPS) is 50.3. The molecule has 0 bridgehead atoms. The minimum absolute atomic E-state index is 0.000181. The van der Waals surface area contributed by atoms with Gasteiger partial charge in [-0.05, 0) is 112 Å². The molecule has 9 atom stereocenters. The quantitative estimate of drug-likeness (QED) is 0.384. The van der Waals surface area contributed by atoms with E-state index in [0.29, 0.717) is 41.1 Å². The van der Waals surface area contributed by atoms with Gasteiger partial charge in [0, 0.05) is 24.4 Å². The van der Waals surface area contributed by atoms with Gasteiger partial charge in [-0.2, -0.15) is 0 Å². The molecule has 4 saturated carbocycles. The number of allylic oxidation sites excluding steroid dienone is 2. The summed E-state index contributed by atoms with van der Waals surface area (Å²) in [5.41, 5.74) is 0.340. The Morgan fingerprint density at radius 1 is 0.946 bits per heavy atom. The molecule has 0 aromatic carbocycles. The summed E-state index contributed by atoms with van der Waals surface area (Å²) in [5.74, 6) is 2.50. The zero-order valence-electron chi connectivity index (χ0n) is 24.6. The molecule has 0 amide bonds. The van der Waals surface area contributed by atoms with Crippen molar-refractivity contribution < 1.29 is 19.1 Å². The largest absolute Gasteiger partial charge is 0.381 e. The smallest absolute Gasteiger partial charge is 0.173 e. The molecule has 4 nitrogen and oxygen atoms in total. The molecule has 37 heavy (non-hydrogen) atoms. The number of hydrogen-bond donors (Lipinski definition) is 0. The lowest BCUT2D eigenvalue weighted by Gasteiger charge is -2.67. The van der Waals surface area contributed by atoms with Gasteiger partial charge >= 0.3 is 0 Å². The Morgan fingerprint density at radius 3 is 2.19 bits per heavy atom. The number of carbonyl (C=O) groups is 3. The summed E-state index contributed by atoms with van der Waals surface area (Å²) in [6, 6.07) is 0. The summed E-state index contributed by atoms with van der Waals surface area (Å²) < 4.78 is 5.67. The molecule has 4 heteroatoms. The molecule has 9 unspecified atom stereocenters. The van der Waals surface area contributed by atoms with Crippen molar-refractivity contribution in [3.63, 3.8) is 0 Å². The fourth-order valence-electron chi connectivity index (χ4n) is 11.2. The lowest BCUT2D eigenvalue weighted by Crippen LogP contribution is -2.66. The average Bonchev–Trinajstić information content (AvgIpc) is 2.81. The third-order valence-corrected chi connectivity index (χ3v) is 12.9. The van der Waals surface area contributed by atoms with E-state index >= 15 is 0 Å². The van der Waals surface area contributed by atoms with Crippen molar-refractivity contribution in [1.82, 2.24) is 0 Å². The third kappa shape index (κ3) is 3.81. The van der Waals surface area contributed by atoms with Crippen LogP contribution in [0.4, 0.5) is 0 Å². The SMILES string of the molecule is COC1CCC(C2CCC(C)C3C(=O)C4C(C)C5(C)C(=O)C(C(C)=O)=C(C)CC5(C)CC4(C)CC23)CC1. The molecule has 0 spiro atoms. The Labute approximate surface area is 224 Å². The predicted molar refractivity (Wildman–Crippen MR) is 146 cm³/mol. The van der Waals surface area contributed by atoms with Gasteiger partial charge in [-0.25, -0.2) is 0 Å². The molecule has 206 valence electrons. The van der Waals surface area contributed by atoms with Gasteiger partial charge in [0.1, 0.15) is 5.78 Å². The third-order valence-electron chi connectivity index (χ3n) is 12.9. The number of rotatable bonds is 3. The minimum Gasteiger partial charge on any atom is -0.381 e. The zero-order valence-corrected chi connectivity index (χ0v) is 24.6. The highest BCUT2D eigenvalue weighted by Gasteiger charge is 2.69. The van der Waals surface area contributed by atoms with Crippen molar-refractivity contribution in [2.75, 3.05) is 7.11 Å². The van der Waals surface area contributed by atoms with E-state index in [1.54, 1.807) is 0 Å². The van der Waals surface area contributed by atoms with E-state index in [1.807, 2.05) is 14.0 Å². The van der Waals surface area contributed by atoms with Gasteiger partial charge in [-0.3, -0.25) is 14.4 Å². The van der Waals surface area contributed by atoms with Crippen molar-refractivity contribution >= 4 is 17.3 Å².